The highest BCUT2D eigenvalue weighted by Gasteiger charge is 2.31. The first-order chi connectivity index (χ1) is 14.4. The number of pyridine rings is 1. The smallest absolute Gasteiger partial charge is 0.310 e. The second kappa shape index (κ2) is 8.19. The van der Waals surface area contributed by atoms with E-state index in [0.717, 1.165) is 12.3 Å². The largest absolute Gasteiger partial charge is 0.417 e. The van der Waals surface area contributed by atoms with Crippen LogP contribution < -0.4 is 10.9 Å². The van der Waals surface area contributed by atoms with Crippen LogP contribution >= 0.6 is 11.6 Å². The Balaban J connectivity index is 1.81. The first-order valence-electron chi connectivity index (χ1n) is 8.34. The number of sulfone groups is 1. The van der Waals surface area contributed by atoms with Crippen molar-refractivity contribution in [2.75, 3.05) is 11.7 Å². The van der Waals surface area contributed by atoms with Gasteiger partial charge in [0.25, 0.3) is 5.91 Å². The molecular weight excluding hydrogens is 464 g/mol. The molecular formula is C18H13ClF4N4O3S. The van der Waals surface area contributed by atoms with E-state index in [1.807, 2.05) is 0 Å². The molecule has 2 N–H and O–H groups in total. The van der Waals surface area contributed by atoms with Gasteiger partial charge in [0.1, 0.15) is 11.5 Å². The molecule has 164 valence electrons. The van der Waals surface area contributed by atoms with E-state index in [2.05, 4.69) is 15.8 Å². The minimum atomic E-state index is -4.63. The molecule has 0 bridgehead atoms. The highest BCUT2D eigenvalue weighted by atomic mass is 35.5. The minimum absolute atomic E-state index is 0.0541. The fourth-order valence-corrected chi connectivity index (χ4v) is 3.40. The number of aromatic nitrogens is 2. The molecule has 0 aliphatic rings. The van der Waals surface area contributed by atoms with Crippen LogP contribution in [0.5, 0.6) is 0 Å². The minimum Gasteiger partial charge on any atom is -0.310 e. The zero-order valence-corrected chi connectivity index (χ0v) is 17.1. The summed E-state index contributed by atoms with van der Waals surface area (Å²) in [6.45, 7) is 0. The van der Waals surface area contributed by atoms with Gasteiger partial charge in [-0.05, 0) is 36.4 Å². The molecule has 2 heterocycles. The van der Waals surface area contributed by atoms with Crippen LogP contribution in [0.2, 0.25) is 5.02 Å². The van der Waals surface area contributed by atoms with Gasteiger partial charge in [-0.2, -0.15) is 13.2 Å². The lowest BCUT2D eigenvalue weighted by atomic mass is 10.3. The van der Waals surface area contributed by atoms with Crippen LogP contribution in [0.3, 0.4) is 0 Å². The maximum Gasteiger partial charge on any atom is 0.417 e. The number of nitrogens with one attached hydrogen (secondary N) is 2. The number of alkyl halides is 3. The molecule has 31 heavy (non-hydrogen) atoms. The predicted octanol–water partition coefficient (Wildman–Crippen LogP) is 3.84. The summed E-state index contributed by atoms with van der Waals surface area (Å²) in [7, 11) is -3.62. The van der Waals surface area contributed by atoms with E-state index in [1.165, 1.54) is 35.0 Å². The molecule has 0 fully saturated rings. The number of amides is 1. The fraction of sp³-hybridized carbons (Fsp3) is 0.111. The van der Waals surface area contributed by atoms with E-state index in [-0.39, 0.29) is 27.1 Å². The summed E-state index contributed by atoms with van der Waals surface area (Å²) in [6, 6.07) is 6.66. The molecule has 0 unspecified atom stereocenters. The number of rotatable bonds is 5. The molecule has 3 aromatic rings. The van der Waals surface area contributed by atoms with E-state index >= 15 is 0 Å². The molecule has 0 saturated carbocycles. The number of hydrogen-bond donors (Lipinski definition) is 2. The maximum absolute atomic E-state index is 14.5. The molecule has 1 amide bonds. The van der Waals surface area contributed by atoms with Crippen LogP contribution in [-0.2, 0) is 16.0 Å². The lowest BCUT2D eigenvalue weighted by Crippen LogP contribution is -2.31. The second-order valence-electron chi connectivity index (χ2n) is 6.28. The molecule has 2 aromatic heterocycles. The van der Waals surface area contributed by atoms with Gasteiger partial charge < -0.3 is 4.57 Å². The number of carbonyl (C=O) groups is 1. The Morgan fingerprint density at radius 1 is 1.19 bits per heavy atom. The number of carbonyl (C=O) groups excluding carboxylic acids is 1. The van der Waals surface area contributed by atoms with Crippen molar-refractivity contribution in [1.29, 1.82) is 0 Å². The fourth-order valence-electron chi connectivity index (χ4n) is 2.55. The van der Waals surface area contributed by atoms with Gasteiger partial charge in [0.05, 0.1) is 21.2 Å². The lowest BCUT2D eigenvalue weighted by Gasteiger charge is -2.13. The van der Waals surface area contributed by atoms with Crippen molar-refractivity contribution in [3.8, 4) is 5.69 Å². The van der Waals surface area contributed by atoms with Crippen molar-refractivity contribution >= 4 is 33.2 Å². The number of anilines is 1. The van der Waals surface area contributed by atoms with Gasteiger partial charge in [-0.25, -0.2) is 17.8 Å². The molecule has 3 rings (SSSR count). The van der Waals surface area contributed by atoms with E-state index in [0.29, 0.717) is 12.3 Å². The maximum atomic E-state index is 14.5. The third-order valence-electron chi connectivity index (χ3n) is 4.05. The van der Waals surface area contributed by atoms with Crippen molar-refractivity contribution < 1.29 is 30.8 Å². The summed E-state index contributed by atoms with van der Waals surface area (Å²) in [5, 5.41) is -0.382. The number of halogens is 5. The van der Waals surface area contributed by atoms with Crippen LogP contribution in [0.4, 0.5) is 23.4 Å². The van der Waals surface area contributed by atoms with Crippen molar-refractivity contribution in [3.05, 3.63) is 70.9 Å². The van der Waals surface area contributed by atoms with Crippen molar-refractivity contribution in [2.45, 2.75) is 11.1 Å². The number of hydrazine groups is 1. The molecule has 0 aliphatic carbocycles. The first-order valence-corrected chi connectivity index (χ1v) is 10.6. The van der Waals surface area contributed by atoms with Crippen LogP contribution in [0.1, 0.15) is 16.1 Å². The monoisotopic (exact) mass is 476 g/mol. The van der Waals surface area contributed by atoms with Gasteiger partial charge in [-0.3, -0.25) is 15.6 Å². The van der Waals surface area contributed by atoms with Crippen LogP contribution in [-0.4, -0.2) is 30.1 Å². The highest BCUT2D eigenvalue weighted by Crippen LogP contribution is 2.32. The summed E-state index contributed by atoms with van der Waals surface area (Å²) in [4.78, 5) is 15.8. The summed E-state index contributed by atoms with van der Waals surface area (Å²) in [6.07, 6.45) is -1.78. The molecule has 0 spiro atoms. The highest BCUT2D eigenvalue weighted by molar-refractivity contribution is 7.90. The van der Waals surface area contributed by atoms with Gasteiger partial charge in [-0.15, -0.1) is 0 Å². The molecule has 7 nitrogen and oxygen atoms in total. The van der Waals surface area contributed by atoms with Crippen LogP contribution in [0.25, 0.3) is 5.69 Å². The summed E-state index contributed by atoms with van der Waals surface area (Å²) in [5.41, 5.74) is 3.31. The van der Waals surface area contributed by atoms with Crippen molar-refractivity contribution in [2.24, 2.45) is 0 Å². The quantitative estimate of drug-likeness (QED) is 0.431. The normalized spacial score (nSPS) is 11.9. The van der Waals surface area contributed by atoms with E-state index in [4.69, 9.17) is 11.6 Å². The number of benzene rings is 1. The summed E-state index contributed by atoms with van der Waals surface area (Å²) >= 11 is 5.76. The molecule has 1 aromatic carbocycles. The number of hydrogen-bond acceptors (Lipinski definition) is 5. The Morgan fingerprint density at radius 3 is 2.48 bits per heavy atom. The van der Waals surface area contributed by atoms with E-state index in [1.54, 1.807) is 0 Å². The molecule has 0 atom stereocenters. The lowest BCUT2D eigenvalue weighted by molar-refractivity contribution is -0.137. The Hall–Kier alpha value is -3.12. The topological polar surface area (TPSA) is 93.1 Å². The van der Waals surface area contributed by atoms with Crippen LogP contribution in [0, 0.1) is 5.82 Å². The Kier molecular flexibility index (Phi) is 5.96. The molecule has 0 saturated heterocycles. The average molecular weight is 477 g/mol. The van der Waals surface area contributed by atoms with E-state index < -0.39 is 33.3 Å². The van der Waals surface area contributed by atoms with Crippen molar-refractivity contribution in [1.82, 2.24) is 15.0 Å². The SMILES string of the molecule is CS(=O)(=O)c1ccc(-n2cccc2C(=O)NNc2ncc(C(F)(F)F)cc2Cl)c(F)c1. The Bertz CT molecular complexity index is 1260. The van der Waals surface area contributed by atoms with Crippen LogP contribution in [0.15, 0.2) is 53.7 Å². The first kappa shape index (κ1) is 22.6. The third kappa shape index (κ3) is 4.97. The molecule has 0 aliphatic heterocycles. The summed E-state index contributed by atoms with van der Waals surface area (Å²) < 4.78 is 76.8. The van der Waals surface area contributed by atoms with Gasteiger partial charge in [0, 0.05) is 18.6 Å². The molecule has 13 heteroatoms. The number of nitrogens with zero attached hydrogens (tertiary/aromatic N) is 2. The zero-order valence-electron chi connectivity index (χ0n) is 15.5. The van der Waals surface area contributed by atoms with Gasteiger partial charge in [0.15, 0.2) is 15.7 Å². The third-order valence-corrected chi connectivity index (χ3v) is 5.45. The predicted molar refractivity (Wildman–Crippen MR) is 104 cm³/mol. The standard InChI is InChI=1S/C18H13ClF4N4O3S/c1-31(29,30)11-4-5-14(13(20)8-11)27-6-2-3-15(27)17(28)26-25-16-12(19)7-10(9-24-16)18(21,22)23/h2-9H,1H3,(H,24,25)(H,26,28). The van der Waals surface area contributed by atoms with E-state index in [9.17, 15) is 30.8 Å². The zero-order chi connectivity index (χ0) is 23.0. The molecule has 0 radical (unpaired) electrons. The van der Waals surface area contributed by atoms with Gasteiger partial charge in [-0.1, -0.05) is 11.6 Å². The van der Waals surface area contributed by atoms with Gasteiger partial charge >= 0.3 is 6.18 Å². The summed E-state index contributed by atoms with van der Waals surface area (Å²) in [5.74, 6) is -1.90. The Morgan fingerprint density at radius 2 is 1.90 bits per heavy atom. The average Bonchev–Trinajstić information content (AvgIpc) is 3.14. The second-order valence-corrected chi connectivity index (χ2v) is 8.70. The van der Waals surface area contributed by atoms with Crippen molar-refractivity contribution in [3.63, 3.8) is 0 Å². The van der Waals surface area contributed by atoms with Gasteiger partial charge in [0.2, 0.25) is 0 Å². The Labute approximate surface area is 178 Å².